The number of rotatable bonds is 5. The molecule has 6 heteroatoms. The van der Waals surface area contributed by atoms with Crippen molar-refractivity contribution in [2.45, 2.75) is 6.92 Å². The first-order valence-electron chi connectivity index (χ1n) is 3.60. The Hall–Kier alpha value is -0.910. The van der Waals surface area contributed by atoms with Gasteiger partial charge in [-0.25, -0.2) is 0 Å². The van der Waals surface area contributed by atoms with Crippen molar-refractivity contribution in [2.24, 2.45) is 11.1 Å². The molecular weight excluding hydrogens is 242 g/mol. The summed E-state index contributed by atoms with van der Waals surface area (Å²) in [5.41, 5.74) is 0. The zero-order chi connectivity index (χ0) is 10.3. The molecule has 0 saturated carbocycles. The van der Waals surface area contributed by atoms with Gasteiger partial charge in [-0.15, -0.1) is 5.16 Å². The number of ketones is 1. The summed E-state index contributed by atoms with van der Waals surface area (Å²) in [4.78, 5) is 22.1. The number of hydrogen-bond acceptors (Lipinski definition) is 5. The van der Waals surface area contributed by atoms with E-state index in [1.807, 2.05) is 0 Å². The Morgan fingerprint density at radius 2 is 2.31 bits per heavy atom. The number of halogens is 1. The zero-order valence-electron chi connectivity index (χ0n) is 7.07. The molecule has 0 rings (SSSR count). The van der Waals surface area contributed by atoms with E-state index in [-0.39, 0.29) is 11.9 Å². The smallest absolute Gasteiger partial charge is 0.322 e. The first-order chi connectivity index (χ1) is 6.17. The molecule has 13 heavy (non-hydrogen) atoms. The molecule has 0 heterocycles. The summed E-state index contributed by atoms with van der Waals surface area (Å²) in [5, 5.41) is 10.8. The minimum absolute atomic E-state index is 0.0164. The molecule has 0 aromatic rings. The molecule has 0 aliphatic heterocycles. The van der Waals surface area contributed by atoms with Crippen LogP contribution in [0.4, 0.5) is 0 Å². The highest BCUT2D eigenvalue weighted by molar-refractivity contribution is 9.09. The fourth-order valence-corrected chi connectivity index (χ4v) is 1.01. The Morgan fingerprint density at radius 1 is 1.69 bits per heavy atom. The molecule has 0 aromatic carbocycles. The fraction of sp³-hybridized carbons (Fsp3) is 0.571. The Balaban J connectivity index is 4.41. The van der Waals surface area contributed by atoms with Crippen LogP contribution in [0, 0.1) is 5.92 Å². The van der Waals surface area contributed by atoms with E-state index >= 15 is 0 Å². The second kappa shape index (κ2) is 6.59. The second-order valence-electron chi connectivity index (χ2n) is 2.09. The first-order valence-corrected chi connectivity index (χ1v) is 4.72. The van der Waals surface area contributed by atoms with E-state index in [1.165, 1.54) is 0 Å². The van der Waals surface area contributed by atoms with Gasteiger partial charge in [0, 0.05) is 0 Å². The van der Waals surface area contributed by atoms with Crippen molar-refractivity contribution in [1.82, 2.24) is 0 Å². The molecule has 0 amide bonds. The highest BCUT2D eigenvalue weighted by Crippen LogP contribution is 2.01. The Morgan fingerprint density at radius 3 is 2.69 bits per heavy atom. The third kappa shape index (κ3) is 4.02. The lowest BCUT2D eigenvalue weighted by atomic mass is 10.1. The van der Waals surface area contributed by atoms with Gasteiger partial charge in [0.25, 0.3) is 0 Å². The summed E-state index contributed by atoms with van der Waals surface area (Å²) in [7, 11) is 0. The van der Waals surface area contributed by atoms with Gasteiger partial charge in [0.05, 0.1) is 18.2 Å². The Labute approximate surface area is 83.9 Å². The average Bonchev–Trinajstić information content (AvgIpc) is 2.13. The highest BCUT2D eigenvalue weighted by atomic mass is 79.9. The summed E-state index contributed by atoms with van der Waals surface area (Å²) in [6.45, 7) is 1.81. The van der Waals surface area contributed by atoms with E-state index in [1.54, 1.807) is 6.92 Å². The predicted molar refractivity (Wildman–Crippen MR) is 49.2 cm³/mol. The van der Waals surface area contributed by atoms with Gasteiger partial charge in [-0.05, 0) is 6.92 Å². The van der Waals surface area contributed by atoms with Crippen LogP contribution in [0.25, 0.3) is 0 Å². The normalized spacial score (nSPS) is 12.8. The van der Waals surface area contributed by atoms with Gasteiger partial charge in [0.2, 0.25) is 0 Å². The predicted octanol–water partition coefficient (Wildman–Crippen LogP) is 0.590. The minimum atomic E-state index is -1.12. The minimum Gasteiger partial charge on any atom is -0.465 e. The van der Waals surface area contributed by atoms with E-state index in [0.29, 0.717) is 0 Å². The number of carbonyl (C=O) groups is 2. The van der Waals surface area contributed by atoms with E-state index in [9.17, 15) is 9.59 Å². The molecule has 0 radical (unpaired) electrons. The molecule has 0 spiro atoms. The standard InChI is InChI=1S/C7H10BrNO4/c1-2-13-7(11)5(4-9-12)6(10)3-8/h4-5,12H,2-3H2,1H3/b9-4-. The molecule has 0 fully saturated rings. The number of ether oxygens (including phenoxy) is 1. The first kappa shape index (κ1) is 12.1. The fourth-order valence-electron chi connectivity index (χ4n) is 0.657. The van der Waals surface area contributed by atoms with Crippen molar-refractivity contribution < 1.29 is 19.5 Å². The van der Waals surface area contributed by atoms with E-state index in [4.69, 9.17) is 5.21 Å². The van der Waals surface area contributed by atoms with Crippen molar-refractivity contribution in [2.75, 3.05) is 11.9 Å². The number of esters is 1. The number of nitrogens with zero attached hydrogens (tertiary/aromatic N) is 1. The van der Waals surface area contributed by atoms with Crippen molar-refractivity contribution in [3.8, 4) is 0 Å². The highest BCUT2D eigenvalue weighted by Gasteiger charge is 2.25. The molecule has 0 aromatic heterocycles. The van der Waals surface area contributed by atoms with E-state index < -0.39 is 17.7 Å². The third-order valence-electron chi connectivity index (χ3n) is 1.23. The number of carbonyl (C=O) groups excluding carboxylic acids is 2. The maximum atomic E-state index is 11.1. The summed E-state index contributed by atoms with van der Waals surface area (Å²) in [6, 6.07) is 0. The van der Waals surface area contributed by atoms with Gasteiger partial charge in [-0.1, -0.05) is 15.9 Å². The summed E-state index contributed by atoms with van der Waals surface area (Å²) in [6.07, 6.45) is 0.849. The quantitative estimate of drug-likeness (QED) is 0.194. The number of alkyl halides is 1. The Kier molecular flexibility index (Phi) is 6.13. The van der Waals surface area contributed by atoms with Crippen LogP contribution in [0.2, 0.25) is 0 Å². The average molecular weight is 252 g/mol. The summed E-state index contributed by atoms with van der Waals surface area (Å²) < 4.78 is 4.60. The van der Waals surface area contributed by atoms with Gasteiger partial charge in [0.15, 0.2) is 11.7 Å². The van der Waals surface area contributed by atoms with Gasteiger partial charge in [-0.3, -0.25) is 9.59 Å². The van der Waals surface area contributed by atoms with Crippen LogP contribution in [0.3, 0.4) is 0 Å². The lowest BCUT2D eigenvalue weighted by molar-refractivity contribution is -0.147. The molecule has 1 N–H and O–H groups in total. The molecule has 1 unspecified atom stereocenters. The van der Waals surface area contributed by atoms with Crippen molar-refractivity contribution >= 4 is 33.9 Å². The van der Waals surface area contributed by atoms with Gasteiger partial charge in [0.1, 0.15) is 0 Å². The number of oxime groups is 1. The summed E-state index contributed by atoms with van der Waals surface area (Å²) >= 11 is 2.90. The lowest BCUT2D eigenvalue weighted by Gasteiger charge is -2.06. The second-order valence-corrected chi connectivity index (χ2v) is 2.65. The van der Waals surface area contributed by atoms with Crippen LogP contribution in [0.15, 0.2) is 5.16 Å². The van der Waals surface area contributed by atoms with Crippen LogP contribution < -0.4 is 0 Å². The number of Topliss-reactive ketones (excluding diaryl/α,β-unsaturated/α-hetero) is 1. The molecule has 0 aliphatic carbocycles. The molecule has 0 saturated heterocycles. The van der Waals surface area contributed by atoms with E-state index in [2.05, 4.69) is 25.8 Å². The SMILES string of the molecule is CCOC(=O)C(/C=N\O)C(=O)CBr. The van der Waals surface area contributed by atoms with Crippen LogP contribution in [-0.2, 0) is 14.3 Å². The lowest BCUT2D eigenvalue weighted by Crippen LogP contribution is -2.28. The zero-order valence-corrected chi connectivity index (χ0v) is 8.65. The van der Waals surface area contributed by atoms with Gasteiger partial charge in [-0.2, -0.15) is 0 Å². The van der Waals surface area contributed by atoms with Crippen molar-refractivity contribution in [3.63, 3.8) is 0 Å². The van der Waals surface area contributed by atoms with Crippen LogP contribution >= 0.6 is 15.9 Å². The third-order valence-corrected chi connectivity index (χ3v) is 1.79. The van der Waals surface area contributed by atoms with Gasteiger partial charge < -0.3 is 9.94 Å². The summed E-state index contributed by atoms with van der Waals surface area (Å²) in [5.74, 6) is -2.23. The molecule has 74 valence electrons. The molecule has 0 bridgehead atoms. The van der Waals surface area contributed by atoms with Crippen LogP contribution in [-0.4, -0.2) is 35.1 Å². The molecule has 0 aliphatic rings. The topological polar surface area (TPSA) is 76.0 Å². The van der Waals surface area contributed by atoms with Crippen molar-refractivity contribution in [3.05, 3.63) is 0 Å². The van der Waals surface area contributed by atoms with E-state index in [0.717, 1.165) is 6.21 Å². The molecule has 1 atom stereocenters. The maximum Gasteiger partial charge on any atom is 0.322 e. The number of hydrogen-bond donors (Lipinski definition) is 1. The molecule has 5 nitrogen and oxygen atoms in total. The van der Waals surface area contributed by atoms with Gasteiger partial charge >= 0.3 is 5.97 Å². The van der Waals surface area contributed by atoms with Crippen LogP contribution in [0.1, 0.15) is 6.92 Å². The monoisotopic (exact) mass is 251 g/mol. The van der Waals surface area contributed by atoms with Crippen LogP contribution in [0.5, 0.6) is 0 Å². The molecular formula is C7H10BrNO4. The van der Waals surface area contributed by atoms with Crippen molar-refractivity contribution in [1.29, 1.82) is 0 Å². The maximum absolute atomic E-state index is 11.1. The Bertz CT molecular complexity index is 217. The largest absolute Gasteiger partial charge is 0.465 e.